The molecule has 2 aromatic carbocycles. The van der Waals surface area contributed by atoms with Gasteiger partial charge in [-0.15, -0.1) is 0 Å². The lowest BCUT2D eigenvalue weighted by Gasteiger charge is -2.13. The van der Waals surface area contributed by atoms with Gasteiger partial charge in [-0.1, -0.05) is 47.5 Å². The molecule has 106 valence electrons. The highest BCUT2D eigenvalue weighted by Crippen LogP contribution is 2.24. The molecule has 0 amide bonds. The summed E-state index contributed by atoms with van der Waals surface area (Å²) < 4.78 is 5.86. The highest BCUT2D eigenvalue weighted by Gasteiger charge is 2.07. The first-order chi connectivity index (χ1) is 9.56. The van der Waals surface area contributed by atoms with Gasteiger partial charge in [-0.2, -0.15) is 0 Å². The lowest BCUT2D eigenvalue weighted by molar-refractivity contribution is 0.302. The van der Waals surface area contributed by atoms with Crippen LogP contribution in [0, 0.1) is 0 Å². The lowest BCUT2D eigenvalue weighted by atomic mass is 10.1. The van der Waals surface area contributed by atoms with E-state index in [0.717, 1.165) is 23.3 Å². The topological polar surface area (TPSA) is 35.2 Å². The van der Waals surface area contributed by atoms with Crippen LogP contribution in [0.25, 0.3) is 0 Å². The fourth-order valence-electron chi connectivity index (χ4n) is 1.95. The van der Waals surface area contributed by atoms with Crippen LogP contribution in [0.2, 0.25) is 10.0 Å². The second-order valence-corrected chi connectivity index (χ2v) is 5.66. The van der Waals surface area contributed by atoms with E-state index < -0.39 is 0 Å². The van der Waals surface area contributed by atoms with E-state index in [1.54, 1.807) is 12.1 Å². The minimum atomic E-state index is 0.0962. The molecule has 0 spiro atoms. The maximum atomic E-state index is 6.14. The first-order valence-corrected chi connectivity index (χ1v) is 7.22. The molecular formula is C16H17Cl2NO. The van der Waals surface area contributed by atoms with E-state index in [-0.39, 0.29) is 6.04 Å². The molecular weight excluding hydrogens is 293 g/mol. The van der Waals surface area contributed by atoms with Crippen molar-refractivity contribution in [2.75, 3.05) is 0 Å². The normalized spacial score (nSPS) is 12.2. The molecule has 0 heterocycles. The zero-order valence-electron chi connectivity index (χ0n) is 11.3. The second-order valence-electron chi connectivity index (χ2n) is 4.81. The Balaban J connectivity index is 2.10. The molecule has 1 atom stereocenters. The molecule has 4 heteroatoms. The quantitative estimate of drug-likeness (QED) is 0.885. The third-order valence-corrected chi connectivity index (χ3v) is 3.50. The maximum absolute atomic E-state index is 6.14. The highest BCUT2D eigenvalue weighted by atomic mass is 35.5. The van der Waals surface area contributed by atoms with E-state index in [0.29, 0.717) is 16.7 Å². The third-order valence-electron chi connectivity index (χ3n) is 2.91. The molecule has 0 aliphatic carbocycles. The van der Waals surface area contributed by atoms with Gasteiger partial charge in [-0.05, 0) is 37.1 Å². The summed E-state index contributed by atoms with van der Waals surface area (Å²) in [7, 11) is 0. The molecule has 1 unspecified atom stereocenters. The number of para-hydroxylation sites is 1. The summed E-state index contributed by atoms with van der Waals surface area (Å²) in [5, 5.41) is 1.23. The van der Waals surface area contributed by atoms with E-state index >= 15 is 0 Å². The molecule has 0 saturated carbocycles. The van der Waals surface area contributed by atoms with Crippen LogP contribution >= 0.6 is 23.2 Å². The second kappa shape index (κ2) is 6.98. The van der Waals surface area contributed by atoms with Crippen LogP contribution in [0.15, 0.2) is 42.5 Å². The van der Waals surface area contributed by atoms with Gasteiger partial charge in [0.1, 0.15) is 12.4 Å². The zero-order valence-corrected chi connectivity index (χ0v) is 12.8. The van der Waals surface area contributed by atoms with Gasteiger partial charge in [0.05, 0.1) is 0 Å². The Labute approximate surface area is 129 Å². The van der Waals surface area contributed by atoms with Gasteiger partial charge in [0.2, 0.25) is 0 Å². The summed E-state index contributed by atoms with van der Waals surface area (Å²) in [4.78, 5) is 0. The maximum Gasteiger partial charge on any atom is 0.123 e. The van der Waals surface area contributed by atoms with Gasteiger partial charge < -0.3 is 10.5 Å². The standard InChI is InChI=1S/C16H17Cl2NO/c1-11(19)8-12-4-2-3-5-16(12)20-10-13-6-7-14(17)9-15(13)18/h2-7,9,11H,8,10,19H2,1H3. The summed E-state index contributed by atoms with van der Waals surface area (Å²) in [6.07, 6.45) is 0.782. The summed E-state index contributed by atoms with van der Waals surface area (Å²) >= 11 is 12.0. The number of rotatable bonds is 5. The fraction of sp³-hybridized carbons (Fsp3) is 0.250. The molecule has 0 bridgehead atoms. The fourth-order valence-corrected chi connectivity index (χ4v) is 2.42. The summed E-state index contributed by atoms with van der Waals surface area (Å²) in [5.74, 6) is 0.843. The van der Waals surface area contributed by atoms with Crippen LogP contribution in [-0.2, 0) is 13.0 Å². The lowest BCUT2D eigenvalue weighted by Crippen LogP contribution is -2.18. The molecule has 20 heavy (non-hydrogen) atoms. The van der Waals surface area contributed by atoms with Crippen molar-refractivity contribution in [3.8, 4) is 5.75 Å². The van der Waals surface area contributed by atoms with Crippen molar-refractivity contribution in [1.82, 2.24) is 0 Å². The molecule has 2 aromatic rings. The zero-order chi connectivity index (χ0) is 14.5. The number of hydrogen-bond acceptors (Lipinski definition) is 2. The van der Waals surface area contributed by atoms with Crippen molar-refractivity contribution < 1.29 is 4.74 Å². The van der Waals surface area contributed by atoms with Crippen molar-refractivity contribution in [1.29, 1.82) is 0 Å². The van der Waals surface area contributed by atoms with Crippen molar-refractivity contribution in [3.63, 3.8) is 0 Å². The minimum absolute atomic E-state index is 0.0962. The van der Waals surface area contributed by atoms with Gasteiger partial charge in [-0.25, -0.2) is 0 Å². The Kier molecular flexibility index (Phi) is 5.30. The van der Waals surface area contributed by atoms with Crippen LogP contribution < -0.4 is 10.5 Å². The number of ether oxygens (including phenoxy) is 1. The molecule has 0 aromatic heterocycles. The Morgan fingerprint density at radius 3 is 2.55 bits per heavy atom. The number of benzene rings is 2. The minimum Gasteiger partial charge on any atom is -0.489 e. The van der Waals surface area contributed by atoms with Crippen LogP contribution in [-0.4, -0.2) is 6.04 Å². The van der Waals surface area contributed by atoms with Crippen molar-refractivity contribution in [2.24, 2.45) is 5.73 Å². The van der Waals surface area contributed by atoms with Gasteiger partial charge in [0, 0.05) is 21.7 Å². The van der Waals surface area contributed by atoms with E-state index in [2.05, 4.69) is 0 Å². The van der Waals surface area contributed by atoms with Gasteiger partial charge in [0.25, 0.3) is 0 Å². The van der Waals surface area contributed by atoms with Crippen molar-refractivity contribution >= 4 is 23.2 Å². The molecule has 0 fully saturated rings. The van der Waals surface area contributed by atoms with Crippen LogP contribution in [0.4, 0.5) is 0 Å². The van der Waals surface area contributed by atoms with E-state index in [4.69, 9.17) is 33.7 Å². The molecule has 0 aliphatic heterocycles. The molecule has 2 N–H and O–H groups in total. The number of hydrogen-bond donors (Lipinski definition) is 1. The number of nitrogens with two attached hydrogens (primary N) is 1. The van der Waals surface area contributed by atoms with Crippen molar-refractivity contribution in [2.45, 2.75) is 26.0 Å². The molecule has 0 saturated heterocycles. The highest BCUT2D eigenvalue weighted by molar-refractivity contribution is 6.35. The summed E-state index contributed by atoms with van der Waals surface area (Å²) in [6, 6.07) is 13.4. The largest absolute Gasteiger partial charge is 0.489 e. The van der Waals surface area contributed by atoms with E-state index in [9.17, 15) is 0 Å². The van der Waals surface area contributed by atoms with E-state index in [1.165, 1.54) is 0 Å². The predicted molar refractivity (Wildman–Crippen MR) is 84.6 cm³/mol. The Hall–Kier alpha value is -1.22. The average molecular weight is 310 g/mol. The average Bonchev–Trinajstić information content (AvgIpc) is 2.39. The number of halogens is 2. The summed E-state index contributed by atoms with van der Waals surface area (Å²) in [5.41, 5.74) is 7.86. The smallest absolute Gasteiger partial charge is 0.123 e. The molecule has 0 radical (unpaired) electrons. The Bertz CT molecular complexity index is 584. The van der Waals surface area contributed by atoms with Gasteiger partial charge >= 0.3 is 0 Å². The Morgan fingerprint density at radius 1 is 1.10 bits per heavy atom. The Morgan fingerprint density at radius 2 is 1.85 bits per heavy atom. The molecule has 2 rings (SSSR count). The third kappa shape index (κ3) is 4.14. The molecule has 0 aliphatic rings. The van der Waals surface area contributed by atoms with Gasteiger partial charge in [0.15, 0.2) is 0 Å². The first kappa shape index (κ1) is 15.2. The first-order valence-electron chi connectivity index (χ1n) is 6.46. The van der Waals surface area contributed by atoms with Crippen LogP contribution in [0.3, 0.4) is 0 Å². The van der Waals surface area contributed by atoms with Crippen LogP contribution in [0.5, 0.6) is 5.75 Å². The predicted octanol–water partition coefficient (Wildman–Crippen LogP) is 4.46. The monoisotopic (exact) mass is 309 g/mol. The summed E-state index contributed by atoms with van der Waals surface area (Å²) in [6.45, 7) is 2.39. The van der Waals surface area contributed by atoms with E-state index in [1.807, 2.05) is 37.3 Å². The molecule has 2 nitrogen and oxygen atoms in total. The van der Waals surface area contributed by atoms with Crippen molar-refractivity contribution in [3.05, 3.63) is 63.6 Å². The van der Waals surface area contributed by atoms with Gasteiger partial charge in [-0.3, -0.25) is 0 Å². The van der Waals surface area contributed by atoms with Crippen LogP contribution in [0.1, 0.15) is 18.1 Å². The SMILES string of the molecule is CC(N)Cc1ccccc1OCc1ccc(Cl)cc1Cl.